The van der Waals surface area contributed by atoms with Crippen LogP contribution in [0.3, 0.4) is 0 Å². The molecule has 17 atom stereocenters. The Kier molecular flexibility index (Phi) is 49.0. The standard InChI is InChI=1S/C71H133NO18/c1-3-5-7-9-11-13-15-17-19-21-23-25-26-27-28-29-31-33-35-37-39-41-43-45-47-49-59(77)72-54(55(76)48-46-44-42-40-38-36-34-32-30-24-22-20-18-16-14-12-10-8-6-4-2)53-85-69-65(83)62(80)67(57(51-74)87-69)90-71-66(84)63(81)68(58(52-75)88-71)89-70-64(82)61(79)60(78)56(50-73)86-70/h21,23,46,48,54-58,60-71,73-76,78-84H,3-20,22,24-45,47,49-53H2,1-2H3,(H,72,77)/b23-21-,48-46+. The highest BCUT2D eigenvalue weighted by Gasteiger charge is 2.53. The van der Waals surface area contributed by atoms with E-state index in [4.69, 9.17) is 28.4 Å². The second-order valence-electron chi connectivity index (χ2n) is 26.4. The van der Waals surface area contributed by atoms with E-state index in [2.05, 4.69) is 31.3 Å². The van der Waals surface area contributed by atoms with Crippen LogP contribution in [-0.4, -0.2) is 193 Å². The van der Waals surface area contributed by atoms with Crippen LogP contribution < -0.4 is 5.32 Å². The van der Waals surface area contributed by atoms with Gasteiger partial charge in [-0.05, 0) is 44.9 Å². The summed E-state index contributed by atoms with van der Waals surface area (Å²) < 4.78 is 34.4. The van der Waals surface area contributed by atoms with Gasteiger partial charge in [0.25, 0.3) is 0 Å². The van der Waals surface area contributed by atoms with Gasteiger partial charge in [0.1, 0.15) is 73.2 Å². The Hall–Kier alpha value is -1.73. The van der Waals surface area contributed by atoms with Crippen LogP contribution in [0.1, 0.15) is 290 Å². The van der Waals surface area contributed by atoms with Crippen molar-refractivity contribution in [3.8, 4) is 0 Å². The minimum Gasteiger partial charge on any atom is -0.394 e. The molecule has 0 aromatic carbocycles. The fourth-order valence-electron chi connectivity index (χ4n) is 12.5. The largest absolute Gasteiger partial charge is 0.394 e. The summed E-state index contributed by atoms with van der Waals surface area (Å²) in [5.41, 5.74) is 0. The summed E-state index contributed by atoms with van der Waals surface area (Å²) in [5.74, 6) is -0.271. The molecule has 0 radical (unpaired) electrons. The van der Waals surface area contributed by atoms with Gasteiger partial charge in [-0.25, -0.2) is 0 Å². The summed E-state index contributed by atoms with van der Waals surface area (Å²) in [5, 5.41) is 121. The molecule has 3 aliphatic rings. The third-order valence-electron chi connectivity index (χ3n) is 18.5. The molecule has 0 bridgehead atoms. The van der Waals surface area contributed by atoms with Gasteiger partial charge < -0.3 is 89.9 Å². The van der Waals surface area contributed by atoms with Crippen LogP contribution in [0.2, 0.25) is 0 Å². The van der Waals surface area contributed by atoms with E-state index in [-0.39, 0.29) is 18.9 Å². The predicted molar refractivity (Wildman–Crippen MR) is 351 cm³/mol. The molecule has 3 rings (SSSR count). The van der Waals surface area contributed by atoms with Crippen molar-refractivity contribution in [3.05, 3.63) is 24.3 Å². The summed E-state index contributed by atoms with van der Waals surface area (Å²) in [6, 6.07) is -0.972. The average Bonchev–Trinajstić information content (AvgIpc) is 0.847. The molecule has 12 N–H and O–H groups in total. The zero-order valence-corrected chi connectivity index (χ0v) is 56.1. The zero-order valence-electron chi connectivity index (χ0n) is 56.1. The number of aliphatic hydroxyl groups excluding tert-OH is 11. The number of carbonyl (C=O) groups excluding carboxylic acids is 1. The summed E-state index contributed by atoms with van der Waals surface area (Å²) in [6.45, 7) is 1.77. The lowest BCUT2D eigenvalue weighted by atomic mass is 9.96. The van der Waals surface area contributed by atoms with E-state index >= 15 is 0 Å². The van der Waals surface area contributed by atoms with Gasteiger partial charge >= 0.3 is 0 Å². The molecule has 1 amide bonds. The van der Waals surface area contributed by atoms with Gasteiger partial charge in [0.15, 0.2) is 18.9 Å². The van der Waals surface area contributed by atoms with Crippen molar-refractivity contribution < 1.29 is 89.4 Å². The quantitative estimate of drug-likeness (QED) is 0.0199. The molecule has 0 aliphatic carbocycles. The van der Waals surface area contributed by atoms with Gasteiger partial charge in [0, 0.05) is 6.42 Å². The second kappa shape index (κ2) is 53.4. The molecule has 19 heteroatoms. The first-order valence-electron chi connectivity index (χ1n) is 36.6. The predicted octanol–water partition coefficient (Wildman–Crippen LogP) is 10.2. The first-order valence-corrected chi connectivity index (χ1v) is 36.6. The molecule has 3 aliphatic heterocycles. The van der Waals surface area contributed by atoms with E-state index in [1.54, 1.807) is 6.08 Å². The van der Waals surface area contributed by atoms with Gasteiger partial charge in [-0.3, -0.25) is 4.79 Å². The van der Waals surface area contributed by atoms with Crippen LogP contribution in [0.15, 0.2) is 24.3 Å². The number of hydrogen-bond acceptors (Lipinski definition) is 18. The Labute approximate surface area is 543 Å². The van der Waals surface area contributed by atoms with Gasteiger partial charge in [-0.2, -0.15) is 0 Å². The molecule has 19 nitrogen and oxygen atoms in total. The number of aliphatic hydroxyl groups is 11. The zero-order chi connectivity index (χ0) is 65.4. The number of carbonyl (C=O) groups is 1. The summed E-state index contributed by atoms with van der Waals surface area (Å²) >= 11 is 0. The number of unbranched alkanes of at least 4 members (excludes halogenated alkanes) is 39. The van der Waals surface area contributed by atoms with Crippen LogP contribution in [0.5, 0.6) is 0 Å². The third kappa shape index (κ3) is 34.8. The van der Waals surface area contributed by atoms with E-state index in [0.717, 1.165) is 44.9 Å². The Morgan fingerprint density at radius 2 is 0.700 bits per heavy atom. The van der Waals surface area contributed by atoms with Crippen LogP contribution in [0.4, 0.5) is 0 Å². The minimum atomic E-state index is -1.98. The van der Waals surface area contributed by atoms with Crippen molar-refractivity contribution in [1.82, 2.24) is 5.32 Å². The summed E-state index contributed by atoms with van der Waals surface area (Å²) in [4.78, 5) is 13.4. The number of rotatable bonds is 57. The molecule has 530 valence electrons. The van der Waals surface area contributed by atoms with E-state index in [1.807, 2.05) is 6.08 Å². The summed E-state index contributed by atoms with van der Waals surface area (Å²) in [7, 11) is 0. The van der Waals surface area contributed by atoms with E-state index in [9.17, 15) is 61.0 Å². The minimum absolute atomic E-state index is 0.246. The van der Waals surface area contributed by atoms with Crippen molar-refractivity contribution in [1.29, 1.82) is 0 Å². The number of hydrogen-bond donors (Lipinski definition) is 12. The van der Waals surface area contributed by atoms with Crippen LogP contribution in [0.25, 0.3) is 0 Å². The highest BCUT2D eigenvalue weighted by atomic mass is 16.8. The smallest absolute Gasteiger partial charge is 0.220 e. The first-order chi connectivity index (χ1) is 43.8. The van der Waals surface area contributed by atoms with Gasteiger partial charge in [0.2, 0.25) is 5.91 Å². The molecule has 0 aromatic heterocycles. The van der Waals surface area contributed by atoms with Crippen molar-refractivity contribution in [2.75, 3.05) is 26.4 Å². The number of amides is 1. The number of ether oxygens (including phenoxy) is 6. The van der Waals surface area contributed by atoms with Crippen molar-refractivity contribution >= 4 is 5.91 Å². The molecule has 3 fully saturated rings. The maximum absolute atomic E-state index is 13.4. The molecule has 17 unspecified atom stereocenters. The molecule has 90 heavy (non-hydrogen) atoms. The molecule has 3 heterocycles. The molecular weight excluding hydrogens is 1150 g/mol. The van der Waals surface area contributed by atoms with E-state index in [1.165, 1.54) is 218 Å². The fraction of sp³-hybridized carbons (Fsp3) is 0.930. The third-order valence-corrected chi connectivity index (χ3v) is 18.5. The lowest BCUT2D eigenvalue weighted by Gasteiger charge is -2.48. The Balaban J connectivity index is 1.42. The maximum atomic E-state index is 13.4. The van der Waals surface area contributed by atoms with Gasteiger partial charge in [0.05, 0.1) is 38.6 Å². The molecule has 0 aromatic rings. The molecule has 0 saturated carbocycles. The Morgan fingerprint density at radius 3 is 1.08 bits per heavy atom. The first kappa shape index (κ1) is 82.5. The van der Waals surface area contributed by atoms with Crippen molar-refractivity contribution in [2.45, 2.75) is 394 Å². The Bertz CT molecular complexity index is 1730. The second-order valence-corrected chi connectivity index (χ2v) is 26.4. The topological polar surface area (TPSA) is 307 Å². The average molecular weight is 1290 g/mol. The highest BCUT2D eigenvalue weighted by Crippen LogP contribution is 2.33. The normalized spacial score (nSPS) is 28.1. The van der Waals surface area contributed by atoms with E-state index in [0.29, 0.717) is 6.42 Å². The lowest BCUT2D eigenvalue weighted by molar-refractivity contribution is -0.379. The van der Waals surface area contributed by atoms with Crippen LogP contribution >= 0.6 is 0 Å². The molecule has 3 saturated heterocycles. The summed E-state index contributed by atoms with van der Waals surface area (Å²) in [6.07, 6.45) is 34.3. The Morgan fingerprint density at radius 1 is 0.389 bits per heavy atom. The van der Waals surface area contributed by atoms with Gasteiger partial charge in [-0.15, -0.1) is 0 Å². The molecular formula is C71H133NO18. The van der Waals surface area contributed by atoms with Crippen molar-refractivity contribution in [3.63, 3.8) is 0 Å². The maximum Gasteiger partial charge on any atom is 0.220 e. The van der Waals surface area contributed by atoms with Crippen LogP contribution in [-0.2, 0) is 33.2 Å². The van der Waals surface area contributed by atoms with Crippen molar-refractivity contribution in [2.24, 2.45) is 0 Å². The fourth-order valence-corrected chi connectivity index (χ4v) is 12.5. The number of nitrogens with one attached hydrogen (secondary N) is 1. The molecule has 0 spiro atoms. The SMILES string of the molecule is CCCCCCCCCC/C=C\CCCCCCCCCCCCCCCC(=O)NC(COC1OC(CO)C(OC2OC(CO)C(OC3OC(CO)C(O)C(O)C3O)C(O)C2O)C(O)C1O)C(O)/C=C/CCCCCCCCCCCCCCCCCCCC. The number of allylic oxidation sites excluding steroid dienone is 3. The van der Waals surface area contributed by atoms with E-state index < -0.39 is 124 Å². The lowest BCUT2D eigenvalue weighted by Crippen LogP contribution is -2.66. The van der Waals surface area contributed by atoms with Crippen LogP contribution in [0, 0.1) is 0 Å². The van der Waals surface area contributed by atoms with Gasteiger partial charge in [-0.1, -0.05) is 263 Å². The highest BCUT2D eigenvalue weighted by molar-refractivity contribution is 5.76. The monoisotopic (exact) mass is 1290 g/mol.